The highest BCUT2D eigenvalue weighted by Gasteiger charge is 2.09. The Labute approximate surface area is 148 Å². The predicted molar refractivity (Wildman–Crippen MR) is 97.2 cm³/mol. The van der Waals surface area contributed by atoms with Gasteiger partial charge in [0.05, 0.1) is 22.5 Å². The number of hydrogen-bond acceptors (Lipinski definition) is 3. The Kier molecular flexibility index (Phi) is 5.01. The molecule has 0 radical (unpaired) electrons. The number of halogens is 1. The first-order chi connectivity index (χ1) is 12.1. The summed E-state index contributed by atoms with van der Waals surface area (Å²) < 4.78 is 4.88. The van der Waals surface area contributed by atoms with Gasteiger partial charge in [-0.3, -0.25) is 4.79 Å². The Balaban J connectivity index is 1.64. The highest BCUT2D eigenvalue weighted by Crippen LogP contribution is 2.21. The molecule has 0 atom stereocenters. The van der Waals surface area contributed by atoms with E-state index < -0.39 is 6.03 Å². The highest BCUT2D eigenvalue weighted by molar-refractivity contribution is 6.33. The molecule has 0 aliphatic rings. The van der Waals surface area contributed by atoms with Gasteiger partial charge in [0, 0.05) is 11.4 Å². The molecule has 7 heteroatoms. The van der Waals surface area contributed by atoms with E-state index in [1.54, 1.807) is 54.6 Å². The van der Waals surface area contributed by atoms with E-state index in [9.17, 15) is 9.59 Å². The van der Waals surface area contributed by atoms with Gasteiger partial charge in [0.15, 0.2) is 0 Å². The molecule has 0 aliphatic carbocycles. The number of carbonyl (C=O) groups is 2. The fourth-order valence-corrected chi connectivity index (χ4v) is 2.30. The van der Waals surface area contributed by atoms with Gasteiger partial charge in [-0.25, -0.2) is 4.79 Å². The Bertz CT molecular complexity index is 894. The molecule has 1 heterocycles. The maximum absolute atomic E-state index is 12.1. The largest absolute Gasteiger partial charge is 0.472 e. The summed E-state index contributed by atoms with van der Waals surface area (Å²) in [4.78, 5) is 24.1. The van der Waals surface area contributed by atoms with E-state index in [0.29, 0.717) is 27.6 Å². The summed E-state index contributed by atoms with van der Waals surface area (Å²) in [6.45, 7) is 0. The van der Waals surface area contributed by atoms with Crippen molar-refractivity contribution >= 4 is 40.6 Å². The molecule has 0 unspecified atom stereocenters. The van der Waals surface area contributed by atoms with E-state index in [1.807, 2.05) is 0 Å². The zero-order valence-corrected chi connectivity index (χ0v) is 13.7. The summed E-state index contributed by atoms with van der Waals surface area (Å²) in [6, 6.07) is 14.8. The summed E-state index contributed by atoms with van der Waals surface area (Å²) in [6.07, 6.45) is 2.78. The van der Waals surface area contributed by atoms with Crippen LogP contribution in [0.15, 0.2) is 71.5 Å². The molecule has 3 amide bonds. The molecule has 3 N–H and O–H groups in total. The lowest BCUT2D eigenvalue weighted by molar-refractivity contribution is 0.102. The molecule has 126 valence electrons. The molecule has 1 aromatic heterocycles. The lowest BCUT2D eigenvalue weighted by Gasteiger charge is -2.10. The Morgan fingerprint density at radius 1 is 0.880 bits per heavy atom. The van der Waals surface area contributed by atoms with E-state index in [2.05, 4.69) is 16.0 Å². The number of rotatable bonds is 4. The lowest BCUT2D eigenvalue weighted by Crippen LogP contribution is -2.19. The smallest absolute Gasteiger partial charge is 0.323 e. The molecule has 25 heavy (non-hydrogen) atoms. The Morgan fingerprint density at radius 3 is 2.36 bits per heavy atom. The molecule has 0 saturated heterocycles. The number of carbonyl (C=O) groups excluding carboxylic acids is 2. The van der Waals surface area contributed by atoms with Crippen LogP contribution in [0.3, 0.4) is 0 Å². The zero-order chi connectivity index (χ0) is 17.6. The number of para-hydroxylation sites is 1. The van der Waals surface area contributed by atoms with Crippen molar-refractivity contribution < 1.29 is 14.0 Å². The number of nitrogens with one attached hydrogen (secondary N) is 3. The van der Waals surface area contributed by atoms with Crippen molar-refractivity contribution in [3.63, 3.8) is 0 Å². The van der Waals surface area contributed by atoms with Crippen LogP contribution in [-0.2, 0) is 0 Å². The lowest BCUT2D eigenvalue weighted by atomic mass is 10.2. The van der Waals surface area contributed by atoms with E-state index in [1.165, 1.54) is 12.5 Å². The summed E-state index contributed by atoms with van der Waals surface area (Å²) in [5, 5.41) is 8.52. The predicted octanol–water partition coefficient (Wildman–Crippen LogP) is 4.83. The summed E-state index contributed by atoms with van der Waals surface area (Å²) >= 11 is 6.01. The summed E-state index contributed by atoms with van der Waals surface area (Å²) in [5.41, 5.74) is 1.98. The van der Waals surface area contributed by atoms with E-state index in [-0.39, 0.29) is 5.91 Å². The minimum Gasteiger partial charge on any atom is -0.472 e. The number of urea groups is 1. The maximum Gasteiger partial charge on any atom is 0.323 e. The van der Waals surface area contributed by atoms with Crippen molar-refractivity contribution in [3.05, 3.63) is 77.7 Å². The van der Waals surface area contributed by atoms with Crippen LogP contribution in [0.1, 0.15) is 10.4 Å². The normalized spacial score (nSPS) is 10.1. The topological polar surface area (TPSA) is 83.4 Å². The second-order valence-corrected chi connectivity index (χ2v) is 5.51. The number of amides is 3. The Hall–Kier alpha value is -3.25. The molecular formula is C18H14ClN3O3. The van der Waals surface area contributed by atoms with Crippen LogP contribution in [0.4, 0.5) is 21.9 Å². The molecule has 3 aromatic rings. The molecule has 0 bridgehead atoms. The molecule has 2 aromatic carbocycles. The second-order valence-electron chi connectivity index (χ2n) is 5.11. The average Bonchev–Trinajstić information content (AvgIpc) is 3.12. The molecule has 3 rings (SSSR count). The molecule has 6 nitrogen and oxygen atoms in total. The van der Waals surface area contributed by atoms with E-state index in [0.717, 1.165) is 0 Å². The SMILES string of the molecule is O=C(Nc1cccc(NC(=O)c2ccoc2)c1)Nc1ccccc1Cl. The van der Waals surface area contributed by atoms with Crippen molar-refractivity contribution in [2.24, 2.45) is 0 Å². The van der Waals surface area contributed by atoms with Gasteiger partial charge in [0.2, 0.25) is 0 Å². The van der Waals surface area contributed by atoms with Crippen LogP contribution in [-0.4, -0.2) is 11.9 Å². The van der Waals surface area contributed by atoms with Crippen molar-refractivity contribution in [1.29, 1.82) is 0 Å². The van der Waals surface area contributed by atoms with Gasteiger partial charge in [0.1, 0.15) is 6.26 Å². The van der Waals surface area contributed by atoms with Gasteiger partial charge >= 0.3 is 6.03 Å². The van der Waals surface area contributed by atoms with Gasteiger partial charge in [-0.05, 0) is 36.4 Å². The third-order valence-electron chi connectivity index (χ3n) is 3.28. The van der Waals surface area contributed by atoms with Gasteiger partial charge in [-0.15, -0.1) is 0 Å². The van der Waals surface area contributed by atoms with Gasteiger partial charge in [-0.2, -0.15) is 0 Å². The molecule has 0 aliphatic heterocycles. The minimum absolute atomic E-state index is 0.300. The average molecular weight is 356 g/mol. The van der Waals surface area contributed by atoms with Crippen LogP contribution in [0.5, 0.6) is 0 Å². The van der Waals surface area contributed by atoms with Crippen LogP contribution in [0.2, 0.25) is 5.02 Å². The van der Waals surface area contributed by atoms with Crippen molar-refractivity contribution in [1.82, 2.24) is 0 Å². The number of anilines is 3. The quantitative estimate of drug-likeness (QED) is 0.626. The first kappa shape index (κ1) is 16.6. The second kappa shape index (κ2) is 7.55. The van der Waals surface area contributed by atoms with Crippen LogP contribution < -0.4 is 16.0 Å². The summed E-state index contributed by atoms with van der Waals surface area (Å²) in [5.74, 6) is -0.300. The maximum atomic E-state index is 12.1. The third kappa shape index (κ3) is 4.39. The van der Waals surface area contributed by atoms with Crippen molar-refractivity contribution in [3.8, 4) is 0 Å². The number of furan rings is 1. The summed E-state index contributed by atoms with van der Waals surface area (Å²) in [7, 11) is 0. The molecule has 0 saturated carbocycles. The number of hydrogen-bond donors (Lipinski definition) is 3. The van der Waals surface area contributed by atoms with Crippen LogP contribution in [0.25, 0.3) is 0 Å². The van der Waals surface area contributed by atoms with Gasteiger partial charge in [0.25, 0.3) is 5.91 Å². The molecule has 0 fully saturated rings. The van der Waals surface area contributed by atoms with Crippen LogP contribution in [0, 0.1) is 0 Å². The van der Waals surface area contributed by atoms with Gasteiger partial charge < -0.3 is 20.4 Å². The standard InChI is InChI=1S/C18H14ClN3O3/c19-15-6-1-2-7-16(15)22-18(24)21-14-5-3-4-13(10-14)20-17(23)12-8-9-25-11-12/h1-11H,(H,20,23)(H2,21,22,24). The Morgan fingerprint density at radius 2 is 1.64 bits per heavy atom. The zero-order valence-electron chi connectivity index (χ0n) is 13.0. The first-order valence-corrected chi connectivity index (χ1v) is 7.76. The van der Waals surface area contributed by atoms with Crippen molar-refractivity contribution in [2.75, 3.05) is 16.0 Å². The fraction of sp³-hybridized carbons (Fsp3) is 0. The van der Waals surface area contributed by atoms with E-state index >= 15 is 0 Å². The van der Waals surface area contributed by atoms with Crippen LogP contribution >= 0.6 is 11.6 Å². The monoisotopic (exact) mass is 355 g/mol. The third-order valence-corrected chi connectivity index (χ3v) is 3.61. The highest BCUT2D eigenvalue weighted by atomic mass is 35.5. The molecular weight excluding hydrogens is 342 g/mol. The number of benzene rings is 2. The minimum atomic E-state index is -0.439. The van der Waals surface area contributed by atoms with Gasteiger partial charge in [-0.1, -0.05) is 29.8 Å². The van der Waals surface area contributed by atoms with E-state index in [4.69, 9.17) is 16.0 Å². The molecule has 0 spiro atoms. The van der Waals surface area contributed by atoms with Crippen molar-refractivity contribution in [2.45, 2.75) is 0 Å². The fourth-order valence-electron chi connectivity index (χ4n) is 2.12. The first-order valence-electron chi connectivity index (χ1n) is 7.38.